The lowest BCUT2D eigenvalue weighted by molar-refractivity contribution is -0.384. The Morgan fingerprint density at radius 1 is 1.04 bits per heavy atom. The van der Waals surface area contributed by atoms with Crippen LogP contribution in [0.25, 0.3) is 0 Å². The van der Waals surface area contributed by atoms with Crippen LogP contribution in [0.1, 0.15) is 36.5 Å². The molecule has 0 aliphatic rings. The summed E-state index contributed by atoms with van der Waals surface area (Å²) in [6, 6.07) is 15.5. The molecule has 0 saturated carbocycles. The molecule has 0 spiro atoms. The minimum absolute atomic E-state index is 0.161. The van der Waals surface area contributed by atoms with Gasteiger partial charge >= 0.3 is 0 Å². The average molecular weight is 312 g/mol. The maximum Gasteiger partial charge on any atom is 0.269 e. The average Bonchev–Trinajstić information content (AvgIpc) is 2.53. The molecular formula is C19H24N2O2. The molecule has 0 aromatic heterocycles. The van der Waals surface area contributed by atoms with Gasteiger partial charge in [0.1, 0.15) is 0 Å². The van der Waals surface area contributed by atoms with Gasteiger partial charge in [0, 0.05) is 25.2 Å². The third-order valence-corrected chi connectivity index (χ3v) is 3.84. The molecule has 0 unspecified atom stereocenters. The van der Waals surface area contributed by atoms with Gasteiger partial charge in [0.15, 0.2) is 0 Å². The van der Waals surface area contributed by atoms with Gasteiger partial charge in [-0.15, -0.1) is 0 Å². The fourth-order valence-electron chi connectivity index (χ4n) is 2.69. The number of nitro benzene ring substituents is 1. The fraction of sp³-hybridized carbons (Fsp3) is 0.368. The minimum Gasteiger partial charge on any atom is -0.295 e. The first-order valence-electron chi connectivity index (χ1n) is 8.09. The van der Waals surface area contributed by atoms with Crippen molar-refractivity contribution >= 4 is 5.69 Å². The molecule has 0 bridgehead atoms. The molecule has 0 atom stereocenters. The molecule has 0 saturated heterocycles. The summed E-state index contributed by atoms with van der Waals surface area (Å²) in [4.78, 5) is 13.0. The second-order valence-corrected chi connectivity index (χ2v) is 5.98. The number of non-ortho nitro benzene ring substituents is 1. The maximum atomic E-state index is 10.9. The van der Waals surface area contributed by atoms with Crippen LogP contribution < -0.4 is 0 Å². The summed E-state index contributed by atoms with van der Waals surface area (Å²) in [5, 5.41) is 10.9. The van der Waals surface area contributed by atoms with Crippen molar-refractivity contribution in [3.8, 4) is 0 Å². The van der Waals surface area contributed by atoms with Crippen LogP contribution in [-0.2, 0) is 13.1 Å². The van der Waals surface area contributed by atoms with Gasteiger partial charge in [0.2, 0.25) is 0 Å². The smallest absolute Gasteiger partial charge is 0.269 e. The van der Waals surface area contributed by atoms with Crippen molar-refractivity contribution in [3.05, 3.63) is 75.3 Å². The van der Waals surface area contributed by atoms with Crippen LogP contribution in [0.3, 0.4) is 0 Å². The zero-order valence-corrected chi connectivity index (χ0v) is 13.9. The lowest BCUT2D eigenvalue weighted by Gasteiger charge is -2.22. The van der Waals surface area contributed by atoms with Crippen LogP contribution in [0, 0.1) is 17.0 Å². The Bertz CT molecular complexity index is 655. The number of rotatable bonds is 8. The quantitative estimate of drug-likeness (QED) is 0.524. The van der Waals surface area contributed by atoms with Crippen molar-refractivity contribution in [1.29, 1.82) is 0 Å². The van der Waals surface area contributed by atoms with Crippen molar-refractivity contribution in [2.45, 2.75) is 39.8 Å². The normalized spacial score (nSPS) is 10.9. The van der Waals surface area contributed by atoms with E-state index in [9.17, 15) is 10.1 Å². The summed E-state index contributed by atoms with van der Waals surface area (Å²) in [7, 11) is 0. The van der Waals surface area contributed by atoms with E-state index < -0.39 is 0 Å². The third kappa shape index (κ3) is 5.49. The van der Waals surface area contributed by atoms with Crippen LogP contribution in [0.5, 0.6) is 0 Å². The first-order valence-corrected chi connectivity index (χ1v) is 8.09. The molecule has 2 aromatic carbocycles. The zero-order valence-electron chi connectivity index (χ0n) is 13.9. The highest BCUT2D eigenvalue weighted by atomic mass is 16.6. The monoisotopic (exact) mass is 312 g/mol. The maximum absolute atomic E-state index is 10.9. The molecule has 2 rings (SSSR count). The largest absolute Gasteiger partial charge is 0.295 e. The molecule has 0 heterocycles. The highest BCUT2D eigenvalue weighted by Crippen LogP contribution is 2.17. The van der Waals surface area contributed by atoms with Crippen molar-refractivity contribution in [2.24, 2.45) is 0 Å². The van der Waals surface area contributed by atoms with Crippen molar-refractivity contribution in [3.63, 3.8) is 0 Å². The Hall–Kier alpha value is -2.20. The van der Waals surface area contributed by atoms with Crippen LogP contribution in [-0.4, -0.2) is 16.4 Å². The molecule has 23 heavy (non-hydrogen) atoms. The number of aryl methyl sites for hydroxylation is 1. The minimum atomic E-state index is -0.333. The van der Waals surface area contributed by atoms with E-state index in [4.69, 9.17) is 0 Å². The number of hydrogen-bond acceptors (Lipinski definition) is 3. The summed E-state index contributed by atoms with van der Waals surface area (Å²) >= 11 is 0. The lowest BCUT2D eigenvalue weighted by Crippen LogP contribution is -2.24. The molecular weight excluding hydrogens is 288 g/mol. The van der Waals surface area contributed by atoms with Gasteiger partial charge in [-0.25, -0.2) is 0 Å². The molecule has 0 aliphatic carbocycles. The zero-order chi connectivity index (χ0) is 16.7. The highest BCUT2D eigenvalue weighted by molar-refractivity contribution is 5.34. The summed E-state index contributed by atoms with van der Waals surface area (Å²) in [6.45, 7) is 6.87. The van der Waals surface area contributed by atoms with Gasteiger partial charge in [-0.3, -0.25) is 15.0 Å². The van der Waals surface area contributed by atoms with E-state index >= 15 is 0 Å². The highest BCUT2D eigenvalue weighted by Gasteiger charge is 2.10. The molecule has 122 valence electrons. The standard InChI is InChI=1S/C19H24N2O2/c1-3-4-11-20(14-17-8-5-7-16(2)12-17)15-18-9-6-10-19(13-18)21(22)23/h5-10,12-13H,3-4,11,14-15H2,1-2H3. The summed E-state index contributed by atoms with van der Waals surface area (Å²) < 4.78 is 0. The van der Waals surface area contributed by atoms with Crippen molar-refractivity contribution in [2.75, 3.05) is 6.54 Å². The summed E-state index contributed by atoms with van der Waals surface area (Å²) in [5.41, 5.74) is 3.69. The van der Waals surface area contributed by atoms with E-state index in [1.807, 2.05) is 6.07 Å². The lowest BCUT2D eigenvalue weighted by atomic mass is 10.1. The second-order valence-electron chi connectivity index (χ2n) is 5.98. The van der Waals surface area contributed by atoms with Crippen LogP contribution >= 0.6 is 0 Å². The second kappa shape index (κ2) is 8.44. The number of benzene rings is 2. The van der Waals surface area contributed by atoms with Crippen molar-refractivity contribution in [1.82, 2.24) is 4.90 Å². The molecule has 2 aromatic rings. The van der Waals surface area contributed by atoms with E-state index in [1.165, 1.54) is 11.1 Å². The molecule has 4 heteroatoms. The third-order valence-electron chi connectivity index (χ3n) is 3.84. The first-order chi connectivity index (χ1) is 11.1. The van der Waals surface area contributed by atoms with Crippen LogP contribution in [0.4, 0.5) is 5.69 Å². The van der Waals surface area contributed by atoms with E-state index in [1.54, 1.807) is 18.2 Å². The van der Waals surface area contributed by atoms with Gasteiger partial charge in [-0.05, 0) is 31.0 Å². The van der Waals surface area contributed by atoms with E-state index in [2.05, 4.69) is 43.0 Å². The van der Waals surface area contributed by atoms with Crippen LogP contribution in [0.15, 0.2) is 48.5 Å². The summed E-state index contributed by atoms with van der Waals surface area (Å²) in [6.07, 6.45) is 2.26. The van der Waals surface area contributed by atoms with Gasteiger partial charge in [-0.2, -0.15) is 0 Å². The molecule has 0 amide bonds. The van der Waals surface area contributed by atoms with E-state index in [0.717, 1.165) is 38.0 Å². The van der Waals surface area contributed by atoms with E-state index in [0.29, 0.717) is 0 Å². The molecule has 0 N–H and O–H groups in total. The molecule has 0 fully saturated rings. The van der Waals surface area contributed by atoms with E-state index in [-0.39, 0.29) is 10.6 Å². The molecule has 0 aliphatic heterocycles. The predicted molar refractivity (Wildman–Crippen MR) is 93.3 cm³/mol. The van der Waals surface area contributed by atoms with Crippen molar-refractivity contribution < 1.29 is 4.92 Å². The van der Waals surface area contributed by atoms with Gasteiger partial charge < -0.3 is 0 Å². The Labute approximate surface area is 137 Å². The topological polar surface area (TPSA) is 46.4 Å². The predicted octanol–water partition coefficient (Wildman–Crippen LogP) is 4.71. The summed E-state index contributed by atoms with van der Waals surface area (Å²) in [5.74, 6) is 0. The number of unbranched alkanes of at least 4 members (excludes halogenated alkanes) is 1. The molecule has 0 radical (unpaired) electrons. The number of nitrogens with zero attached hydrogens (tertiary/aromatic N) is 2. The van der Waals surface area contributed by atoms with Gasteiger partial charge in [0.25, 0.3) is 5.69 Å². The Morgan fingerprint density at radius 2 is 1.70 bits per heavy atom. The fourth-order valence-corrected chi connectivity index (χ4v) is 2.69. The number of nitro groups is 1. The number of hydrogen-bond donors (Lipinski definition) is 0. The first kappa shape index (κ1) is 17.2. The molecule has 4 nitrogen and oxygen atoms in total. The Morgan fingerprint density at radius 3 is 2.30 bits per heavy atom. The van der Waals surface area contributed by atoms with Gasteiger partial charge in [-0.1, -0.05) is 55.3 Å². The Kier molecular flexibility index (Phi) is 6.29. The Balaban J connectivity index is 2.11. The SMILES string of the molecule is CCCCN(Cc1cccc(C)c1)Cc1cccc([N+](=O)[O-])c1. The van der Waals surface area contributed by atoms with Gasteiger partial charge in [0.05, 0.1) is 4.92 Å². The van der Waals surface area contributed by atoms with Crippen LogP contribution in [0.2, 0.25) is 0 Å².